The zero-order valence-corrected chi connectivity index (χ0v) is 11.1. The molecule has 1 rings (SSSR count). The average Bonchev–Trinajstić information content (AvgIpc) is 2.16. The molecule has 1 saturated heterocycles. The van der Waals surface area contributed by atoms with Gasteiger partial charge in [0.05, 0.1) is 0 Å². The molecule has 1 heterocycles. The number of hydrogen-bond acceptors (Lipinski definition) is 2. The van der Waals surface area contributed by atoms with Gasteiger partial charge in [0, 0.05) is 32.1 Å². The largest absolute Gasteiger partial charge is 0.337 e. The van der Waals surface area contributed by atoms with Crippen molar-refractivity contribution < 1.29 is 4.79 Å². The Morgan fingerprint density at radius 2 is 2.12 bits per heavy atom. The van der Waals surface area contributed by atoms with E-state index < -0.39 is 0 Å². The third-order valence-corrected chi connectivity index (χ3v) is 3.22. The van der Waals surface area contributed by atoms with Crippen molar-refractivity contribution in [2.24, 2.45) is 11.8 Å². The highest BCUT2D eigenvalue weighted by molar-refractivity contribution is 5.76. The van der Waals surface area contributed by atoms with Crippen LogP contribution in [0.2, 0.25) is 0 Å². The van der Waals surface area contributed by atoms with Gasteiger partial charge in [-0.25, -0.2) is 0 Å². The Bertz CT molecular complexity index is 228. The molecule has 94 valence electrons. The molecule has 0 bridgehead atoms. The molecule has 1 amide bonds. The van der Waals surface area contributed by atoms with Gasteiger partial charge in [0.2, 0.25) is 5.91 Å². The highest BCUT2D eigenvalue weighted by Crippen LogP contribution is 2.17. The second-order valence-corrected chi connectivity index (χ2v) is 5.58. The van der Waals surface area contributed by atoms with Gasteiger partial charge in [-0.15, -0.1) is 0 Å². The maximum absolute atomic E-state index is 12.1. The molecule has 3 heteroatoms. The number of nitrogens with zero attached hydrogens (tertiary/aromatic N) is 1. The van der Waals surface area contributed by atoms with Gasteiger partial charge < -0.3 is 10.2 Å². The van der Waals surface area contributed by atoms with Crippen LogP contribution in [0.5, 0.6) is 0 Å². The molecule has 1 fully saturated rings. The van der Waals surface area contributed by atoms with E-state index in [1.807, 2.05) is 4.90 Å². The number of rotatable bonds is 4. The van der Waals surface area contributed by atoms with E-state index >= 15 is 0 Å². The number of carbonyl (C=O) groups is 1. The number of hydrogen-bond donors (Lipinski definition) is 1. The van der Waals surface area contributed by atoms with Crippen molar-refractivity contribution in [3.05, 3.63) is 0 Å². The predicted octanol–water partition coefficient (Wildman–Crippen LogP) is 1.88. The van der Waals surface area contributed by atoms with Crippen LogP contribution < -0.4 is 5.32 Å². The molecule has 0 spiro atoms. The maximum Gasteiger partial charge on any atom is 0.223 e. The van der Waals surface area contributed by atoms with Crippen LogP contribution in [0.3, 0.4) is 0 Å². The lowest BCUT2D eigenvalue weighted by molar-refractivity contribution is -0.134. The summed E-state index contributed by atoms with van der Waals surface area (Å²) in [7, 11) is 0. The Morgan fingerprint density at radius 3 is 2.69 bits per heavy atom. The fourth-order valence-corrected chi connectivity index (χ4v) is 2.51. The normalized spacial score (nSPS) is 23.6. The van der Waals surface area contributed by atoms with Gasteiger partial charge in [0.1, 0.15) is 0 Å². The minimum absolute atomic E-state index is 0.335. The quantitative estimate of drug-likeness (QED) is 0.794. The molecule has 2 unspecified atom stereocenters. The Morgan fingerprint density at radius 1 is 1.44 bits per heavy atom. The van der Waals surface area contributed by atoms with Crippen molar-refractivity contribution in [2.45, 2.75) is 46.6 Å². The first-order valence-electron chi connectivity index (χ1n) is 6.51. The zero-order valence-electron chi connectivity index (χ0n) is 11.1. The molecule has 16 heavy (non-hydrogen) atoms. The SMILES string of the molecule is CC(C)CC(C)CC(=O)N1CCNCC1C. The van der Waals surface area contributed by atoms with E-state index in [0.717, 1.165) is 26.1 Å². The van der Waals surface area contributed by atoms with E-state index in [1.165, 1.54) is 0 Å². The Labute approximate surface area is 99.6 Å². The molecule has 0 aromatic heterocycles. The number of nitrogens with one attached hydrogen (secondary N) is 1. The first kappa shape index (κ1) is 13.5. The van der Waals surface area contributed by atoms with E-state index in [9.17, 15) is 4.79 Å². The van der Waals surface area contributed by atoms with E-state index in [-0.39, 0.29) is 0 Å². The monoisotopic (exact) mass is 226 g/mol. The molecule has 1 aliphatic heterocycles. The molecule has 0 aliphatic carbocycles. The Hall–Kier alpha value is -0.570. The van der Waals surface area contributed by atoms with Gasteiger partial charge in [-0.3, -0.25) is 4.79 Å². The van der Waals surface area contributed by atoms with E-state index in [0.29, 0.717) is 30.2 Å². The van der Waals surface area contributed by atoms with Crippen LogP contribution in [0.15, 0.2) is 0 Å². The number of amides is 1. The van der Waals surface area contributed by atoms with Gasteiger partial charge in [-0.05, 0) is 25.2 Å². The molecular weight excluding hydrogens is 200 g/mol. The van der Waals surface area contributed by atoms with Gasteiger partial charge >= 0.3 is 0 Å². The third-order valence-electron chi connectivity index (χ3n) is 3.22. The minimum atomic E-state index is 0.335. The second kappa shape index (κ2) is 6.24. The van der Waals surface area contributed by atoms with Crippen molar-refractivity contribution in [2.75, 3.05) is 19.6 Å². The summed E-state index contributed by atoms with van der Waals surface area (Å²) in [6, 6.07) is 0.354. The first-order valence-corrected chi connectivity index (χ1v) is 6.51. The summed E-state index contributed by atoms with van der Waals surface area (Å²) in [6.45, 7) is 11.5. The maximum atomic E-state index is 12.1. The van der Waals surface area contributed by atoms with Crippen LogP contribution in [0.25, 0.3) is 0 Å². The molecule has 3 nitrogen and oxygen atoms in total. The third kappa shape index (κ3) is 4.12. The molecule has 2 atom stereocenters. The molecule has 0 radical (unpaired) electrons. The van der Waals surface area contributed by atoms with E-state index in [2.05, 4.69) is 33.0 Å². The highest BCUT2D eigenvalue weighted by Gasteiger charge is 2.24. The summed E-state index contributed by atoms with van der Waals surface area (Å²) in [6.07, 6.45) is 1.86. The van der Waals surface area contributed by atoms with Gasteiger partial charge in [0.25, 0.3) is 0 Å². The first-order chi connectivity index (χ1) is 7.50. The molecule has 0 aromatic rings. The van der Waals surface area contributed by atoms with E-state index in [1.54, 1.807) is 0 Å². The van der Waals surface area contributed by atoms with Crippen LogP contribution in [-0.4, -0.2) is 36.5 Å². The average molecular weight is 226 g/mol. The number of piperazine rings is 1. The molecular formula is C13H26N2O. The lowest BCUT2D eigenvalue weighted by Crippen LogP contribution is -2.52. The van der Waals surface area contributed by atoms with Crippen molar-refractivity contribution in [3.63, 3.8) is 0 Å². The van der Waals surface area contributed by atoms with Crippen LogP contribution in [0.1, 0.15) is 40.5 Å². The second-order valence-electron chi connectivity index (χ2n) is 5.58. The van der Waals surface area contributed by atoms with Crippen LogP contribution in [0, 0.1) is 11.8 Å². The highest BCUT2D eigenvalue weighted by atomic mass is 16.2. The Balaban J connectivity index is 2.38. The molecule has 0 aromatic carbocycles. The van der Waals surface area contributed by atoms with Crippen molar-refractivity contribution in [1.29, 1.82) is 0 Å². The zero-order chi connectivity index (χ0) is 12.1. The van der Waals surface area contributed by atoms with Gasteiger partial charge in [-0.2, -0.15) is 0 Å². The summed E-state index contributed by atoms with van der Waals surface area (Å²) in [4.78, 5) is 14.1. The smallest absolute Gasteiger partial charge is 0.223 e. The lowest BCUT2D eigenvalue weighted by Gasteiger charge is -2.34. The fraction of sp³-hybridized carbons (Fsp3) is 0.923. The van der Waals surface area contributed by atoms with Crippen molar-refractivity contribution in [1.82, 2.24) is 10.2 Å². The summed E-state index contributed by atoms with van der Waals surface area (Å²) >= 11 is 0. The van der Waals surface area contributed by atoms with E-state index in [4.69, 9.17) is 0 Å². The van der Waals surface area contributed by atoms with Crippen LogP contribution >= 0.6 is 0 Å². The Kier molecular flexibility index (Phi) is 5.26. The summed E-state index contributed by atoms with van der Waals surface area (Å²) in [5.74, 6) is 1.53. The molecule has 0 saturated carbocycles. The molecule has 1 N–H and O–H groups in total. The number of carbonyl (C=O) groups excluding carboxylic acids is 1. The minimum Gasteiger partial charge on any atom is -0.337 e. The fourth-order valence-electron chi connectivity index (χ4n) is 2.51. The molecule has 1 aliphatic rings. The standard InChI is InChI=1S/C13H26N2O/c1-10(2)7-11(3)8-13(16)15-6-5-14-9-12(15)4/h10-12,14H,5-9H2,1-4H3. The topological polar surface area (TPSA) is 32.3 Å². The van der Waals surface area contributed by atoms with Crippen LogP contribution in [0.4, 0.5) is 0 Å². The van der Waals surface area contributed by atoms with Crippen molar-refractivity contribution >= 4 is 5.91 Å². The van der Waals surface area contributed by atoms with Gasteiger partial charge in [0.15, 0.2) is 0 Å². The predicted molar refractivity (Wildman–Crippen MR) is 67.3 cm³/mol. The van der Waals surface area contributed by atoms with Gasteiger partial charge in [-0.1, -0.05) is 20.8 Å². The summed E-state index contributed by atoms with van der Waals surface area (Å²) in [5.41, 5.74) is 0. The lowest BCUT2D eigenvalue weighted by atomic mass is 9.95. The van der Waals surface area contributed by atoms with Crippen molar-refractivity contribution in [3.8, 4) is 0 Å². The summed E-state index contributed by atoms with van der Waals surface area (Å²) < 4.78 is 0. The van der Waals surface area contributed by atoms with Crippen LogP contribution in [-0.2, 0) is 4.79 Å². The summed E-state index contributed by atoms with van der Waals surface area (Å²) in [5, 5.41) is 3.31.